The van der Waals surface area contributed by atoms with E-state index in [1.807, 2.05) is 6.92 Å². The normalized spacial score (nSPS) is 12.0. The van der Waals surface area contributed by atoms with Crippen molar-refractivity contribution in [2.75, 3.05) is 19.5 Å². The average molecular weight is 248 g/mol. The standard InChI is InChI=1S/C10H14ClNO2S/c1-9-3-5-10(6-4-9)15(13,14)12(2)8-7-11/h3-6H,7-8H2,1-2H3. The molecule has 0 heterocycles. The molecule has 0 amide bonds. The number of alkyl halides is 1. The van der Waals surface area contributed by atoms with E-state index in [1.54, 1.807) is 24.3 Å². The molecule has 0 saturated heterocycles. The van der Waals surface area contributed by atoms with E-state index in [9.17, 15) is 8.42 Å². The summed E-state index contributed by atoms with van der Waals surface area (Å²) in [6, 6.07) is 6.77. The quantitative estimate of drug-likeness (QED) is 0.762. The van der Waals surface area contributed by atoms with Gasteiger partial charge in [-0.05, 0) is 19.1 Å². The Morgan fingerprint density at radius 3 is 2.27 bits per heavy atom. The molecule has 1 aromatic carbocycles. The molecule has 0 aliphatic carbocycles. The summed E-state index contributed by atoms with van der Waals surface area (Å²) in [7, 11) is -1.84. The van der Waals surface area contributed by atoms with Gasteiger partial charge in [-0.25, -0.2) is 8.42 Å². The van der Waals surface area contributed by atoms with Crippen LogP contribution < -0.4 is 0 Å². The van der Waals surface area contributed by atoms with Crippen molar-refractivity contribution in [1.82, 2.24) is 4.31 Å². The van der Waals surface area contributed by atoms with Gasteiger partial charge in [0.1, 0.15) is 0 Å². The van der Waals surface area contributed by atoms with Gasteiger partial charge in [0.2, 0.25) is 10.0 Å². The highest BCUT2D eigenvalue weighted by Crippen LogP contribution is 2.14. The SMILES string of the molecule is Cc1ccc(S(=O)(=O)N(C)CCCl)cc1. The molecule has 0 unspecified atom stereocenters. The molecule has 0 radical (unpaired) electrons. The minimum atomic E-state index is -3.37. The molecule has 3 nitrogen and oxygen atoms in total. The third-order valence-corrected chi connectivity index (χ3v) is 4.17. The lowest BCUT2D eigenvalue weighted by atomic mass is 10.2. The van der Waals surface area contributed by atoms with E-state index in [0.717, 1.165) is 5.56 Å². The molecule has 1 aromatic rings. The molecule has 84 valence electrons. The van der Waals surface area contributed by atoms with E-state index in [0.29, 0.717) is 17.3 Å². The third-order valence-electron chi connectivity index (χ3n) is 2.13. The summed E-state index contributed by atoms with van der Waals surface area (Å²) < 4.78 is 25.1. The molecule has 5 heteroatoms. The van der Waals surface area contributed by atoms with Gasteiger partial charge in [0, 0.05) is 19.5 Å². The van der Waals surface area contributed by atoms with E-state index in [1.165, 1.54) is 11.4 Å². The minimum absolute atomic E-state index is 0.293. The predicted octanol–water partition coefficient (Wildman–Crippen LogP) is 1.85. The fourth-order valence-electron chi connectivity index (χ4n) is 1.13. The fourth-order valence-corrected chi connectivity index (χ4v) is 2.65. The molecule has 0 saturated carbocycles. The molecule has 0 spiro atoms. The molecule has 0 aliphatic heterocycles. The van der Waals surface area contributed by atoms with Gasteiger partial charge in [0.15, 0.2) is 0 Å². The van der Waals surface area contributed by atoms with Crippen LogP contribution in [0.25, 0.3) is 0 Å². The van der Waals surface area contributed by atoms with Crippen molar-refractivity contribution in [2.24, 2.45) is 0 Å². The maximum Gasteiger partial charge on any atom is 0.242 e. The number of rotatable bonds is 4. The Balaban J connectivity index is 3.01. The Bertz CT molecular complexity index is 414. The first-order valence-corrected chi connectivity index (χ1v) is 6.55. The van der Waals surface area contributed by atoms with Gasteiger partial charge in [-0.2, -0.15) is 4.31 Å². The number of benzene rings is 1. The number of halogens is 1. The highest BCUT2D eigenvalue weighted by molar-refractivity contribution is 7.89. The highest BCUT2D eigenvalue weighted by atomic mass is 35.5. The molecule has 0 aromatic heterocycles. The van der Waals surface area contributed by atoms with E-state index in [-0.39, 0.29) is 0 Å². The van der Waals surface area contributed by atoms with E-state index < -0.39 is 10.0 Å². The summed E-state index contributed by atoms with van der Waals surface area (Å²) >= 11 is 5.51. The number of hydrogen-bond donors (Lipinski definition) is 0. The smallest absolute Gasteiger partial charge is 0.207 e. The molecule has 0 atom stereocenters. The number of aryl methyl sites for hydroxylation is 1. The van der Waals surface area contributed by atoms with Crippen LogP contribution in [-0.2, 0) is 10.0 Å². The van der Waals surface area contributed by atoms with Crippen molar-refractivity contribution in [3.05, 3.63) is 29.8 Å². The lowest BCUT2D eigenvalue weighted by Crippen LogP contribution is -2.28. The topological polar surface area (TPSA) is 37.4 Å². The number of nitrogens with zero attached hydrogens (tertiary/aromatic N) is 1. The summed E-state index contributed by atoms with van der Waals surface area (Å²) in [6.07, 6.45) is 0. The lowest BCUT2D eigenvalue weighted by Gasteiger charge is -2.15. The van der Waals surface area contributed by atoms with Crippen LogP contribution in [0.3, 0.4) is 0 Å². The maximum atomic E-state index is 11.9. The van der Waals surface area contributed by atoms with Gasteiger partial charge >= 0.3 is 0 Å². The molecule has 0 N–H and O–H groups in total. The van der Waals surface area contributed by atoms with Gasteiger partial charge in [0.25, 0.3) is 0 Å². The lowest BCUT2D eigenvalue weighted by molar-refractivity contribution is 0.488. The van der Waals surface area contributed by atoms with Crippen LogP contribution >= 0.6 is 11.6 Å². The highest BCUT2D eigenvalue weighted by Gasteiger charge is 2.19. The van der Waals surface area contributed by atoms with E-state index in [4.69, 9.17) is 11.6 Å². The van der Waals surface area contributed by atoms with Crippen LogP contribution in [0.2, 0.25) is 0 Å². The van der Waals surface area contributed by atoms with Crippen LogP contribution in [0.5, 0.6) is 0 Å². The summed E-state index contributed by atoms with van der Waals surface area (Å²) in [5.41, 5.74) is 1.04. The Labute approximate surface area is 95.7 Å². The largest absolute Gasteiger partial charge is 0.242 e. The summed E-state index contributed by atoms with van der Waals surface area (Å²) in [5, 5.41) is 0. The molecular weight excluding hydrogens is 234 g/mol. The predicted molar refractivity (Wildman–Crippen MR) is 61.7 cm³/mol. The van der Waals surface area contributed by atoms with Gasteiger partial charge < -0.3 is 0 Å². The third kappa shape index (κ3) is 2.93. The Hall–Kier alpha value is -0.580. The summed E-state index contributed by atoms with van der Waals surface area (Å²) in [4.78, 5) is 0.306. The van der Waals surface area contributed by atoms with Crippen LogP contribution in [0.4, 0.5) is 0 Å². The second-order valence-corrected chi connectivity index (χ2v) is 5.75. The zero-order valence-corrected chi connectivity index (χ0v) is 10.3. The van der Waals surface area contributed by atoms with Crippen molar-refractivity contribution in [2.45, 2.75) is 11.8 Å². The van der Waals surface area contributed by atoms with Gasteiger partial charge in [-0.1, -0.05) is 17.7 Å². The zero-order valence-electron chi connectivity index (χ0n) is 8.77. The fraction of sp³-hybridized carbons (Fsp3) is 0.400. The molecule has 0 aliphatic rings. The van der Waals surface area contributed by atoms with Crippen LogP contribution in [0.1, 0.15) is 5.56 Å². The van der Waals surface area contributed by atoms with Crippen LogP contribution in [0.15, 0.2) is 29.2 Å². The minimum Gasteiger partial charge on any atom is -0.207 e. The van der Waals surface area contributed by atoms with Gasteiger partial charge in [-0.15, -0.1) is 11.6 Å². The molecule has 15 heavy (non-hydrogen) atoms. The Morgan fingerprint density at radius 1 is 1.27 bits per heavy atom. The molecular formula is C10H14ClNO2S. The zero-order chi connectivity index (χ0) is 11.5. The molecule has 1 rings (SSSR count). The maximum absolute atomic E-state index is 11.9. The van der Waals surface area contributed by atoms with Crippen LogP contribution in [-0.4, -0.2) is 32.2 Å². The first kappa shape index (κ1) is 12.5. The van der Waals surface area contributed by atoms with Crippen molar-refractivity contribution in [3.8, 4) is 0 Å². The summed E-state index contributed by atoms with van der Waals surface area (Å²) in [6.45, 7) is 2.23. The molecule has 0 fully saturated rings. The van der Waals surface area contributed by atoms with Crippen LogP contribution in [0, 0.1) is 6.92 Å². The van der Waals surface area contributed by atoms with Crippen molar-refractivity contribution < 1.29 is 8.42 Å². The van der Waals surface area contributed by atoms with Gasteiger partial charge in [-0.3, -0.25) is 0 Å². The Morgan fingerprint density at radius 2 is 1.80 bits per heavy atom. The van der Waals surface area contributed by atoms with Crippen molar-refractivity contribution >= 4 is 21.6 Å². The van der Waals surface area contributed by atoms with E-state index in [2.05, 4.69) is 0 Å². The second-order valence-electron chi connectivity index (χ2n) is 3.33. The monoisotopic (exact) mass is 247 g/mol. The number of hydrogen-bond acceptors (Lipinski definition) is 2. The van der Waals surface area contributed by atoms with Crippen molar-refractivity contribution in [3.63, 3.8) is 0 Å². The van der Waals surface area contributed by atoms with E-state index >= 15 is 0 Å². The average Bonchev–Trinajstić information content (AvgIpc) is 2.18. The van der Waals surface area contributed by atoms with Crippen molar-refractivity contribution in [1.29, 1.82) is 0 Å². The summed E-state index contributed by atoms with van der Waals surface area (Å²) in [5.74, 6) is 0.293. The molecule has 0 bridgehead atoms. The second kappa shape index (κ2) is 4.96. The van der Waals surface area contributed by atoms with Gasteiger partial charge in [0.05, 0.1) is 4.90 Å². The Kier molecular flexibility index (Phi) is 4.13. The first-order chi connectivity index (χ1) is 6.98. The number of sulfonamides is 1. The first-order valence-electron chi connectivity index (χ1n) is 4.57.